The van der Waals surface area contributed by atoms with Crippen LogP contribution in [0.2, 0.25) is 0 Å². The Labute approximate surface area is 114 Å². The summed E-state index contributed by atoms with van der Waals surface area (Å²) in [4.78, 5) is 0. The van der Waals surface area contributed by atoms with Crippen molar-refractivity contribution in [2.24, 2.45) is 22.7 Å². The normalized spacial score (nSPS) is 32.0. The zero-order valence-corrected chi connectivity index (χ0v) is 13.0. The largest absolute Gasteiger partial charge is 0.316 e. The SMILES string of the molecule is CC1(CNCC2CCC(C(C)(C)C)CC2)CCC1. The van der Waals surface area contributed by atoms with Crippen molar-refractivity contribution in [3.05, 3.63) is 0 Å². The van der Waals surface area contributed by atoms with Crippen LogP contribution in [0, 0.1) is 22.7 Å². The summed E-state index contributed by atoms with van der Waals surface area (Å²) in [6, 6.07) is 0. The van der Waals surface area contributed by atoms with Crippen LogP contribution in [0.3, 0.4) is 0 Å². The lowest BCUT2D eigenvalue weighted by Crippen LogP contribution is -2.39. The second-order valence-corrected chi connectivity index (χ2v) is 8.38. The van der Waals surface area contributed by atoms with Gasteiger partial charge in [0.1, 0.15) is 0 Å². The van der Waals surface area contributed by atoms with Gasteiger partial charge < -0.3 is 5.32 Å². The molecule has 0 spiro atoms. The molecule has 0 saturated heterocycles. The second-order valence-electron chi connectivity index (χ2n) is 8.38. The fourth-order valence-corrected chi connectivity index (χ4v) is 3.77. The van der Waals surface area contributed by atoms with Gasteiger partial charge in [0.2, 0.25) is 0 Å². The average molecular weight is 251 g/mol. The second kappa shape index (κ2) is 5.53. The monoisotopic (exact) mass is 251 g/mol. The smallest absolute Gasteiger partial charge is 0.000527 e. The molecule has 2 saturated carbocycles. The van der Waals surface area contributed by atoms with E-state index < -0.39 is 0 Å². The Balaban J connectivity index is 1.62. The molecule has 0 atom stereocenters. The van der Waals surface area contributed by atoms with E-state index in [4.69, 9.17) is 0 Å². The van der Waals surface area contributed by atoms with Gasteiger partial charge in [-0.05, 0) is 67.7 Å². The van der Waals surface area contributed by atoms with Crippen LogP contribution in [0.1, 0.15) is 72.6 Å². The van der Waals surface area contributed by atoms with Gasteiger partial charge in [0.15, 0.2) is 0 Å². The third-order valence-electron chi connectivity index (χ3n) is 5.62. The maximum Gasteiger partial charge on any atom is 0.000527 e. The minimum atomic E-state index is 0.526. The number of nitrogens with one attached hydrogen (secondary N) is 1. The summed E-state index contributed by atoms with van der Waals surface area (Å²) in [6.45, 7) is 12.2. The third kappa shape index (κ3) is 3.73. The van der Waals surface area contributed by atoms with E-state index in [0.717, 1.165) is 11.8 Å². The van der Waals surface area contributed by atoms with E-state index >= 15 is 0 Å². The number of hydrogen-bond donors (Lipinski definition) is 1. The van der Waals surface area contributed by atoms with Crippen molar-refractivity contribution in [1.82, 2.24) is 5.32 Å². The van der Waals surface area contributed by atoms with Gasteiger partial charge in [-0.15, -0.1) is 0 Å². The predicted octanol–water partition coefficient (Wildman–Crippen LogP) is 4.62. The predicted molar refractivity (Wildman–Crippen MR) is 79.7 cm³/mol. The highest BCUT2D eigenvalue weighted by Gasteiger charge is 2.32. The Morgan fingerprint density at radius 2 is 1.67 bits per heavy atom. The lowest BCUT2D eigenvalue weighted by molar-refractivity contribution is 0.134. The van der Waals surface area contributed by atoms with Crippen molar-refractivity contribution in [2.75, 3.05) is 13.1 Å². The Hall–Kier alpha value is -0.0400. The van der Waals surface area contributed by atoms with Gasteiger partial charge in [0.05, 0.1) is 0 Å². The van der Waals surface area contributed by atoms with Crippen molar-refractivity contribution in [1.29, 1.82) is 0 Å². The van der Waals surface area contributed by atoms with Crippen LogP contribution in [0.15, 0.2) is 0 Å². The minimum absolute atomic E-state index is 0.526. The molecule has 1 heteroatoms. The molecule has 1 N–H and O–H groups in total. The van der Waals surface area contributed by atoms with Crippen molar-refractivity contribution in [3.8, 4) is 0 Å². The Morgan fingerprint density at radius 1 is 1.06 bits per heavy atom. The molecule has 0 aromatic rings. The first-order valence-electron chi connectivity index (χ1n) is 8.10. The van der Waals surface area contributed by atoms with Crippen LogP contribution >= 0.6 is 0 Å². The van der Waals surface area contributed by atoms with Crippen molar-refractivity contribution in [3.63, 3.8) is 0 Å². The molecule has 106 valence electrons. The molecule has 2 rings (SSSR count). The highest BCUT2D eigenvalue weighted by molar-refractivity contribution is 4.86. The molecule has 2 fully saturated rings. The maximum absolute atomic E-state index is 3.75. The van der Waals surface area contributed by atoms with E-state index in [1.165, 1.54) is 58.0 Å². The molecule has 0 bridgehead atoms. The van der Waals surface area contributed by atoms with Gasteiger partial charge in [0.25, 0.3) is 0 Å². The van der Waals surface area contributed by atoms with E-state index in [0.29, 0.717) is 10.8 Å². The summed E-state index contributed by atoms with van der Waals surface area (Å²) in [6.07, 6.45) is 10.1. The van der Waals surface area contributed by atoms with Gasteiger partial charge in [0, 0.05) is 6.54 Å². The van der Waals surface area contributed by atoms with Gasteiger partial charge >= 0.3 is 0 Å². The van der Waals surface area contributed by atoms with Crippen LogP contribution in [-0.4, -0.2) is 13.1 Å². The molecule has 0 aliphatic heterocycles. The average Bonchev–Trinajstić information content (AvgIpc) is 2.26. The molecule has 0 radical (unpaired) electrons. The van der Waals surface area contributed by atoms with Crippen LogP contribution in [-0.2, 0) is 0 Å². The summed E-state index contributed by atoms with van der Waals surface area (Å²) in [5.74, 6) is 1.91. The molecule has 1 nitrogen and oxygen atoms in total. The van der Waals surface area contributed by atoms with E-state index in [1.54, 1.807) is 0 Å². The first-order chi connectivity index (χ1) is 8.39. The third-order valence-corrected chi connectivity index (χ3v) is 5.62. The van der Waals surface area contributed by atoms with Gasteiger partial charge in [-0.1, -0.05) is 34.1 Å². The fourth-order valence-electron chi connectivity index (χ4n) is 3.77. The molecular formula is C17H33N. The van der Waals surface area contributed by atoms with Crippen LogP contribution in [0.5, 0.6) is 0 Å². The summed E-state index contributed by atoms with van der Waals surface area (Å²) in [7, 11) is 0. The molecule has 2 aliphatic carbocycles. The van der Waals surface area contributed by atoms with Crippen molar-refractivity contribution in [2.45, 2.75) is 72.6 Å². The van der Waals surface area contributed by atoms with E-state index in [-0.39, 0.29) is 0 Å². The molecule has 0 aromatic heterocycles. The standard InChI is InChI=1S/C17H33N/c1-16(2,3)15-8-6-14(7-9-15)12-18-13-17(4)10-5-11-17/h14-15,18H,5-13H2,1-4H3. The molecular weight excluding hydrogens is 218 g/mol. The molecule has 18 heavy (non-hydrogen) atoms. The molecule has 0 heterocycles. The molecule has 0 aromatic carbocycles. The lowest BCUT2D eigenvalue weighted by atomic mass is 9.69. The molecule has 0 unspecified atom stereocenters. The van der Waals surface area contributed by atoms with E-state index in [1.807, 2.05) is 0 Å². The quantitative estimate of drug-likeness (QED) is 0.769. The van der Waals surface area contributed by atoms with Gasteiger partial charge in [-0.3, -0.25) is 0 Å². The summed E-state index contributed by atoms with van der Waals surface area (Å²) >= 11 is 0. The van der Waals surface area contributed by atoms with Gasteiger partial charge in [-0.25, -0.2) is 0 Å². The van der Waals surface area contributed by atoms with Crippen LogP contribution in [0.4, 0.5) is 0 Å². The first kappa shape index (κ1) is 14.4. The maximum atomic E-state index is 3.75. The summed E-state index contributed by atoms with van der Waals surface area (Å²) in [5, 5.41) is 3.75. The summed E-state index contributed by atoms with van der Waals surface area (Å²) < 4.78 is 0. The fraction of sp³-hybridized carbons (Fsp3) is 1.00. The highest BCUT2D eigenvalue weighted by Crippen LogP contribution is 2.41. The zero-order valence-electron chi connectivity index (χ0n) is 13.0. The molecule has 2 aliphatic rings. The van der Waals surface area contributed by atoms with Gasteiger partial charge in [-0.2, -0.15) is 0 Å². The van der Waals surface area contributed by atoms with E-state index in [2.05, 4.69) is 33.0 Å². The lowest BCUT2D eigenvalue weighted by Gasteiger charge is -2.40. The highest BCUT2D eigenvalue weighted by atomic mass is 14.9. The summed E-state index contributed by atoms with van der Waals surface area (Å²) in [5.41, 5.74) is 1.17. The number of hydrogen-bond acceptors (Lipinski definition) is 1. The van der Waals surface area contributed by atoms with Crippen LogP contribution < -0.4 is 5.32 Å². The van der Waals surface area contributed by atoms with Crippen molar-refractivity contribution >= 4 is 0 Å². The Bertz CT molecular complexity index is 251. The zero-order chi connectivity index (χ0) is 13.2. The minimum Gasteiger partial charge on any atom is -0.316 e. The molecule has 0 amide bonds. The van der Waals surface area contributed by atoms with E-state index in [9.17, 15) is 0 Å². The van der Waals surface area contributed by atoms with Crippen LogP contribution in [0.25, 0.3) is 0 Å². The topological polar surface area (TPSA) is 12.0 Å². The number of rotatable bonds is 4. The Morgan fingerprint density at radius 3 is 2.11 bits per heavy atom. The van der Waals surface area contributed by atoms with Crippen molar-refractivity contribution < 1.29 is 0 Å². The Kier molecular flexibility index (Phi) is 4.41. The first-order valence-corrected chi connectivity index (χ1v) is 8.10.